The number of aromatic hydroxyl groups is 1. The number of methoxy groups -OCH3 is 1. The van der Waals surface area contributed by atoms with Crippen LogP contribution in [0.5, 0.6) is 17.2 Å². The fourth-order valence-corrected chi connectivity index (χ4v) is 4.09. The van der Waals surface area contributed by atoms with Crippen LogP contribution in [0.3, 0.4) is 0 Å². The van der Waals surface area contributed by atoms with Crippen LogP contribution in [0.2, 0.25) is 0 Å². The third-order valence-electron chi connectivity index (χ3n) is 5.68. The molecule has 3 heterocycles. The molecule has 0 unspecified atom stereocenters. The minimum atomic E-state index is -1.11. The fourth-order valence-electron chi connectivity index (χ4n) is 4.09. The van der Waals surface area contributed by atoms with Gasteiger partial charge in [0.1, 0.15) is 24.5 Å². The van der Waals surface area contributed by atoms with E-state index in [0.29, 0.717) is 41.0 Å². The maximum absolute atomic E-state index is 13.1. The van der Waals surface area contributed by atoms with Gasteiger partial charge in [0.25, 0.3) is 5.56 Å². The summed E-state index contributed by atoms with van der Waals surface area (Å²) in [5.41, 5.74) is -0.776. The summed E-state index contributed by atoms with van der Waals surface area (Å²) < 4.78 is 21.3. The molecule has 1 aliphatic heterocycles. The first kappa shape index (κ1) is 20.6. The molecule has 2 N–H and O–H groups in total. The van der Waals surface area contributed by atoms with Crippen molar-refractivity contribution in [3.05, 3.63) is 74.4 Å². The van der Waals surface area contributed by atoms with E-state index in [1.54, 1.807) is 42.5 Å². The third-order valence-corrected chi connectivity index (χ3v) is 5.68. The summed E-state index contributed by atoms with van der Waals surface area (Å²) in [6.45, 7) is 0.796. The van der Waals surface area contributed by atoms with Crippen LogP contribution < -0.4 is 20.7 Å². The second kappa shape index (κ2) is 8.01. The molecule has 4 aromatic rings. The number of hydrogen-bond acceptors (Lipinski definition) is 8. The molecule has 9 nitrogen and oxygen atoms in total. The van der Waals surface area contributed by atoms with E-state index in [0.717, 1.165) is 0 Å². The summed E-state index contributed by atoms with van der Waals surface area (Å²) >= 11 is 0. The molecule has 0 saturated heterocycles. The maximum Gasteiger partial charge on any atom is 0.343 e. The van der Waals surface area contributed by atoms with Gasteiger partial charge in [0, 0.05) is 22.9 Å². The van der Waals surface area contributed by atoms with E-state index in [9.17, 15) is 19.5 Å². The lowest BCUT2D eigenvalue weighted by molar-refractivity contribution is -0.140. The Morgan fingerprint density at radius 2 is 1.85 bits per heavy atom. The SMILES string of the molecule is COC(=O)C[C@@H](c1cc2cc3c(cc2[nH]c1=O)OCCO3)c1c(O)c2ccccc2oc1=O. The molecule has 0 fully saturated rings. The summed E-state index contributed by atoms with van der Waals surface area (Å²) in [5.74, 6) is -1.09. The smallest absolute Gasteiger partial charge is 0.343 e. The van der Waals surface area contributed by atoms with Crippen molar-refractivity contribution in [1.29, 1.82) is 0 Å². The molecule has 5 rings (SSSR count). The Bertz CT molecular complexity index is 1520. The Balaban J connectivity index is 1.74. The first-order chi connectivity index (χ1) is 16.0. The molecule has 0 radical (unpaired) electrons. The van der Waals surface area contributed by atoms with Crippen molar-refractivity contribution >= 4 is 27.8 Å². The predicted molar refractivity (Wildman–Crippen MR) is 118 cm³/mol. The van der Waals surface area contributed by atoms with Gasteiger partial charge in [-0.1, -0.05) is 12.1 Å². The molecule has 2 aromatic carbocycles. The van der Waals surface area contributed by atoms with E-state index in [1.807, 2.05) is 0 Å². The second-order valence-electron chi connectivity index (χ2n) is 7.62. The van der Waals surface area contributed by atoms with Gasteiger partial charge in [0.2, 0.25) is 0 Å². The van der Waals surface area contributed by atoms with Crippen LogP contribution in [0, 0.1) is 0 Å². The topological polar surface area (TPSA) is 128 Å². The lowest BCUT2D eigenvalue weighted by Crippen LogP contribution is -2.24. The molecular weight excluding hydrogens is 430 g/mol. The molecule has 9 heteroatoms. The Hall–Kier alpha value is -4.27. The molecule has 168 valence electrons. The first-order valence-electron chi connectivity index (χ1n) is 10.2. The quantitative estimate of drug-likeness (QED) is 0.360. The van der Waals surface area contributed by atoms with Gasteiger partial charge in [-0.3, -0.25) is 9.59 Å². The van der Waals surface area contributed by atoms with E-state index in [4.69, 9.17) is 18.6 Å². The number of para-hydroxylation sites is 1. The molecule has 0 bridgehead atoms. The Labute approximate surface area is 186 Å². The van der Waals surface area contributed by atoms with E-state index >= 15 is 0 Å². The highest BCUT2D eigenvalue weighted by atomic mass is 16.6. The van der Waals surface area contributed by atoms with Crippen molar-refractivity contribution in [3.8, 4) is 17.2 Å². The van der Waals surface area contributed by atoms with E-state index < -0.39 is 23.1 Å². The number of fused-ring (bicyclic) bond motifs is 3. The number of hydrogen-bond donors (Lipinski definition) is 2. The van der Waals surface area contributed by atoms with Gasteiger partial charge in [0.15, 0.2) is 11.5 Å². The number of carbonyl (C=O) groups excluding carboxylic acids is 1. The minimum absolute atomic E-state index is 0.0995. The van der Waals surface area contributed by atoms with Crippen LogP contribution in [-0.4, -0.2) is 36.4 Å². The highest BCUT2D eigenvalue weighted by Gasteiger charge is 2.30. The zero-order chi connectivity index (χ0) is 23.1. The van der Waals surface area contributed by atoms with Crippen molar-refractivity contribution in [3.63, 3.8) is 0 Å². The average molecular weight is 449 g/mol. The van der Waals surface area contributed by atoms with Gasteiger partial charge >= 0.3 is 11.6 Å². The van der Waals surface area contributed by atoms with Gasteiger partial charge in [-0.05, 0) is 24.3 Å². The molecule has 0 spiro atoms. The monoisotopic (exact) mass is 449 g/mol. The predicted octanol–water partition coefficient (Wildman–Crippen LogP) is 2.81. The highest BCUT2D eigenvalue weighted by Crippen LogP contribution is 2.38. The number of benzene rings is 2. The molecule has 1 aliphatic rings. The molecule has 0 amide bonds. The number of esters is 1. The van der Waals surface area contributed by atoms with Crippen LogP contribution in [-0.2, 0) is 9.53 Å². The molecule has 2 aromatic heterocycles. The zero-order valence-corrected chi connectivity index (χ0v) is 17.5. The van der Waals surface area contributed by atoms with Crippen LogP contribution in [0.4, 0.5) is 0 Å². The summed E-state index contributed by atoms with van der Waals surface area (Å²) in [7, 11) is 1.20. The minimum Gasteiger partial charge on any atom is -0.507 e. The van der Waals surface area contributed by atoms with Gasteiger partial charge in [-0.25, -0.2) is 4.79 Å². The standard InChI is InChI=1S/C24H19NO8/c1-30-20(26)10-14(21-22(27)13-4-2-3-5-17(13)33-24(21)29)15-8-12-9-18-19(32-7-6-31-18)11-16(12)25-23(15)28/h2-5,8-9,11,14,27H,6-7,10H2,1H3,(H,25,28)/t14-/m0/s1. The van der Waals surface area contributed by atoms with E-state index in [-0.39, 0.29) is 28.9 Å². The number of rotatable bonds is 4. The van der Waals surface area contributed by atoms with Crippen LogP contribution in [0.25, 0.3) is 21.9 Å². The third kappa shape index (κ3) is 3.57. The van der Waals surface area contributed by atoms with Crippen molar-refractivity contribution in [2.75, 3.05) is 20.3 Å². The van der Waals surface area contributed by atoms with Crippen molar-refractivity contribution in [2.45, 2.75) is 12.3 Å². The summed E-state index contributed by atoms with van der Waals surface area (Å²) in [6, 6.07) is 11.4. The number of nitrogens with one attached hydrogen (secondary N) is 1. The molecule has 0 saturated carbocycles. The Morgan fingerprint density at radius 3 is 2.61 bits per heavy atom. The highest BCUT2D eigenvalue weighted by molar-refractivity contribution is 5.86. The second-order valence-corrected chi connectivity index (χ2v) is 7.62. The first-order valence-corrected chi connectivity index (χ1v) is 10.2. The van der Waals surface area contributed by atoms with Crippen LogP contribution in [0.15, 0.2) is 56.5 Å². The fraction of sp³-hybridized carbons (Fsp3) is 0.208. The number of pyridine rings is 1. The van der Waals surface area contributed by atoms with Crippen LogP contribution >= 0.6 is 0 Å². The summed E-state index contributed by atoms with van der Waals surface area (Å²) in [6.07, 6.45) is -0.355. The van der Waals surface area contributed by atoms with E-state index in [2.05, 4.69) is 4.98 Å². The average Bonchev–Trinajstić information content (AvgIpc) is 2.81. The molecule has 1 atom stereocenters. The molecule has 33 heavy (non-hydrogen) atoms. The Kier molecular flexibility index (Phi) is 5.01. The summed E-state index contributed by atoms with van der Waals surface area (Å²) in [4.78, 5) is 41.0. The van der Waals surface area contributed by atoms with Crippen molar-refractivity contribution in [1.82, 2.24) is 4.98 Å². The lowest BCUT2D eigenvalue weighted by atomic mass is 9.88. The number of aromatic nitrogens is 1. The Morgan fingerprint density at radius 1 is 1.12 bits per heavy atom. The van der Waals surface area contributed by atoms with Gasteiger partial charge in [-0.15, -0.1) is 0 Å². The lowest BCUT2D eigenvalue weighted by Gasteiger charge is -2.20. The summed E-state index contributed by atoms with van der Waals surface area (Å²) in [5, 5.41) is 11.8. The normalized spacial score (nSPS) is 13.7. The molecular formula is C24H19NO8. The number of ether oxygens (including phenoxy) is 3. The maximum atomic E-state index is 13.1. The zero-order valence-electron chi connectivity index (χ0n) is 17.5. The largest absolute Gasteiger partial charge is 0.507 e. The van der Waals surface area contributed by atoms with E-state index in [1.165, 1.54) is 7.11 Å². The van der Waals surface area contributed by atoms with Crippen molar-refractivity contribution < 1.29 is 28.5 Å². The van der Waals surface area contributed by atoms with Crippen LogP contribution in [0.1, 0.15) is 23.5 Å². The number of aromatic amines is 1. The number of H-pyrrole nitrogens is 1. The molecule has 0 aliphatic carbocycles. The van der Waals surface area contributed by atoms with Gasteiger partial charge < -0.3 is 28.7 Å². The van der Waals surface area contributed by atoms with Crippen molar-refractivity contribution in [2.24, 2.45) is 0 Å². The number of carbonyl (C=O) groups is 1. The van der Waals surface area contributed by atoms with Gasteiger partial charge in [0.05, 0.1) is 30.0 Å². The van der Waals surface area contributed by atoms with Gasteiger partial charge in [-0.2, -0.15) is 0 Å².